The Balaban J connectivity index is 1.98. The third-order valence-corrected chi connectivity index (χ3v) is 5.67. The Hall–Kier alpha value is -4.47. The molecule has 1 amide bonds. The van der Waals surface area contributed by atoms with Crippen LogP contribution in [0.15, 0.2) is 52.6 Å². The number of amides is 1. The minimum absolute atomic E-state index is 0.122. The molecule has 10 heteroatoms. The van der Waals surface area contributed by atoms with E-state index in [4.69, 9.17) is 23.5 Å². The van der Waals surface area contributed by atoms with E-state index < -0.39 is 17.7 Å². The van der Waals surface area contributed by atoms with Gasteiger partial charge < -0.3 is 28.6 Å². The molecule has 0 radical (unpaired) electrons. The molecule has 1 aromatic heterocycles. The molecule has 35 heavy (non-hydrogen) atoms. The second kappa shape index (κ2) is 9.41. The molecule has 182 valence electrons. The van der Waals surface area contributed by atoms with Crippen molar-refractivity contribution in [3.63, 3.8) is 0 Å². The number of rotatable bonds is 7. The minimum Gasteiger partial charge on any atom is -0.507 e. The molecule has 1 saturated heterocycles. The van der Waals surface area contributed by atoms with Crippen molar-refractivity contribution in [1.29, 1.82) is 0 Å². The van der Waals surface area contributed by atoms with Crippen LogP contribution in [0.25, 0.3) is 5.76 Å². The van der Waals surface area contributed by atoms with Gasteiger partial charge >= 0.3 is 5.91 Å². The van der Waals surface area contributed by atoms with Gasteiger partial charge in [0.1, 0.15) is 17.3 Å². The van der Waals surface area contributed by atoms with Crippen LogP contribution in [0.5, 0.6) is 23.0 Å². The summed E-state index contributed by atoms with van der Waals surface area (Å²) in [7, 11) is 5.89. The monoisotopic (exact) mass is 480 g/mol. The van der Waals surface area contributed by atoms with Crippen LogP contribution in [0.4, 0.5) is 5.82 Å². The summed E-state index contributed by atoms with van der Waals surface area (Å²) in [5, 5.41) is 15.2. The lowest BCUT2D eigenvalue weighted by Crippen LogP contribution is -2.29. The molecule has 0 aliphatic carbocycles. The molecular weight excluding hydrogens is 456 g/mol. The van der Waals surface area contributed by atoms with Crippen LogP contribution in [0, 0.1) is 6.92 Å². The fraction of sp³-hybridized carbons (Fsp3) is 0.240. The van der Waals surface area contributed by atoms with Crippen LogP contribution in [0.2, 0.25) is 0 Å². The Morgan fingerprint density at radius 1 is 0.943 bits per heavy atom. The average molecular weight is 480 g/mol. The van der Waals surface area contributed by atoms with E-state index in [0.717, 1.165) is 0 Å². The van der Waals surface area contributed by atoms with Crippen molar-refractivity contribution in [2.75, 3.05) is 33.3 Å². The van der Waals surface area contributed by atoms with Crippen molar-refractivity contribution in [2.45, 2.75) is 13.0 Å². The predicted octanol–water partition coefficient (Wildman–Crippen LogP) is 3.64. The van der Waals surface area contributed by atoms with Crippen LogP contribution in [-0.4, -0.2) is 50.4 Å². The summed E-state index contributed by atoms with van der Waals surface area (Å²) in [6, 6.07) is 10.2. The number of methoxy groups -OCH3 is 4. The van der Waals surface area contributed by atoms with E-state index in [1.54, 1.807) is 43.3 Å². The second-order valence-corrected chi connectivity index (χ2v) is 7.65. The number of Topliss-reactive ketones (excluding diaryl/α,β-unsaturated/α-hetero) is 1. The fourth-order valence-corrected chi connectivity index (χ4v) is 4.01. The third kappa shape index (κ3) is 4.03. The van der Waals surface area contributed by atoms with Crippen LogP contribution < -0.4 is 23.8 Å². The zero-order valence-electron chi connectivity index (χ0n) is 19.8. The molecule has 2 heterocycles. The van der Waals surface area contributed by atoms with E-state index in [2.05, 4.69) is 5.16 Å². The molecule has 1 atom stereocenters. The molecule has 0 spiro atoms. The molecule has 4 rings (SSSR count). The molecule has 0 bridgehead atoms. The van der Waals surface area contributed by atoms with Gasteiger partial charge in [0.05, 0.1) is 40.1 Å². The number of nitrogens with zero attached hydrogens (tertiary/aromatic N) is 2. The Morgan fingerprint density at radius 3 is 2.06 bits per heavy atom. The van der Waals surface area contributed by atoms with Crippen LogP contribution >= 0.6 is 0 Å². The van der Waals surface area contributed by atoms with Gasteiger partial charge in [-0.2, -0.15) is 0 Å². The van der Waals surface area contributed by atoms with E-state index in [0.29, 0.717) is 39.9 Å². The van der Waals surface area contributed by atoms with Crippen molar-refractivity contribution in [3.05, 3.63) is 64.9 Å². The van der Waals surface area contributed by atoms with Gasteiger partial charge in [-0.05, 0) is 48.9 Å². The lowest BCUT2D eigenvalue weighted by atomic mass is 9.94. The predicted molar refractivity (Wildman–Crippen MR) is 125 cm³/mol. The van der Waals surface area contributed by atoms with Gasteiger partial charge in [-0.3, -0.25) is 14.5 Å². The fourth-order valence-electron chi connectivity index (χ4n) is 4.01. The molecule has 1 N–H and O–H groups in total. The number of anilines is 1. The highest BCUT2D eigenvalue weighted by Crippen LogP contribution is 2.47. The zero-order chi connectivity index (χ0) is 25.3. The topological polar surface area (TPSA) is 121 Å². The van der Waals surface area contributed by atoms with Crippen molar-refractivity contribution in [1.82, 2.24) is 5.16 Å². The van der Waals surface area contributed by atoms with E-state index in [-0.39, 0.29) is 17.2 Å². The van der Waals surface area contributed by atoms with Crippen LogP contribution in [-0.2, 0) is 9.59 Å². The maximum atomic E-state index is 13.3. The van der Waals surface area contributed by atoms with Crippen molar-refractivity contribution >= 4 is 23.3 Å². The molecule has 1 unspecified atom stereocenters. The van der Waals surface area contributed by atoms with E-state index in [9.17, 15) is 14.7 Å². The quantitative estimate of drug-likeness (QED) is 0.307. The molecule has 1 aliphatic heterocycles. The van der Waals surface area contributed by atoms with E-state index >= 15 is 0 Å². The average Bonchev–Trinajstić information content (AvgIpc) is 3.42. The lowest BCUT2D eigenvalue weighted by molar-refractivity contribution is -0.132. The van der Waals surface area contributed by atoms with E-state index in [1.807, 2.05) is 0 Å². The molecule has 1 aliphatic rings. The largest absolute Gasteiger partial charge is 0.507 e. The summed E-state index contributed by atoms with van der Waals surface area (Å²) in [6.07, 6.45) is 0. The van der Waals surface area contributed by atoms with E-state index in [1.165, 1.54) is 39.4 Å². The number of benzene rings is 2. The first-order valence-corrected chi connectivity index (χ1v) is 10.5. The number of aliphatic hydroxyl groups excluding tert-OH is 1. The van der Waals surface area contributed by atoms with Crippen molar-refractivity contribution in [3.8, 4) is 23.0 Å². The minimum atomic E-state index is -1.06. The highest BCUT2D eigenvalue weighted by molar-refractivity contribution is 6.51. The zero-order valence-corrected chi connectivity index (χ0v) is 19.8. The highest BCUT2D eigenvalue weighted by Gasteiger charge is 2.48. The summed E-state index contributed by atoms with van der Waals surface area (Å²) in [4.78, 5) is 27.7. The van der Waals surface area contributed by atoms with Gasteiger partial charge in [0.25, 0.3) is 5.78 Å². The second-order valence-electron chi connectivity index (χ2n) is 7.65. The molecule has 3 aromatic rings. The number of hydrogen-bond acceptors (Lipinski definition) is 9. The van der Waals surface area contributed by atoms with Crippen LogP contribution in [0.3, 0.4) is 0 Å². The molecule has 2 aromatic carbocycles. The summed E-state index contributed by atoms with van der Waals surface area (Å²) in [5.41, 5.74) is 0.627. The number of aliphatic hydroxyl groups is 1. The van der Waals surface area contributed by atoms with Crippen molar-refractivity contribution < 1.29 is 38.2 Å². The number of aryl methyl sites for hydroxylation is 1. The van der Waals surface area contributed by atoms with Gasteiger partial charge in [-0.15, -0.1) is 0 Å². The SMILES string of the molecule is COc1ccc(/C(O)=C2\C(=O)C(=O)N(c3cc(C)on3)C2c2cc(OC)c(OC)c(OC)c2)cc1. The number of carbonyl (C=O) groups excluding carboxylic acids is 2. The van der Waals surface area contributed by atoms with Gasteiger partial charge in [0.2, 0.25) is 5.75 Å². The standard InChI is InChI=1S/C25H24N2O8/c1-13-10-19(26-35-13)27-21(15-11-17(32-3)24(34-5)18(12-15)33-4)20(23(29)25(27)30)22(28)14-6-8-16(31-2)9-7-14/h6-12,21,28H,1-5H3/b22-20+. The maximum Gasteiger partial charge on any atom is 0.301 e. The Morgan fingerprint density at radius 2 is 1.57 bits per heavy atom. The van der Waals surface area contributed by atoms with Gasteiger partial charge in [-0.1, -0.05) is 5.16 Å². The molecular formula is C25H24N2O8. The van der Waals surface area contributed by atoms with Gasteiger partial charge in [-0.25, -0.2) is 0 Å². The Bertz CT molecular complexity index is 1280. The lowest BCUT2D eigenvalue weighted by Gasteiger charge is -2.24. The van der Waals surface area contributed by atoms with Crippen molar-refractivity contribution in [2.24, 2.45) is 0 Å². The Labute approximate surface area is 201 Å². The normalized spacial score (nSPS) is 16.9. The first-order chi connectivity index (χ1) is 16.8. The summed E-state index contributed by atoms with van der Waals surface area (Å²) >= 11 is 0. The molecule has 0 saturated carbocycles. The maximum absolute atomic E-state index is 13.3. The third-order valence-electron chi connectivity index (χ3n) is 5.67. The molecule has 1 fully saturated rings. The summed E-state index contributed by atoms with van der Waals surface area (Å²) in [6.45, 7) is 1.67. The smallest absolute Gasteiger partial charge is 0.301 e. The number of carbonyl (C=O) groups is 2. The first-order valence-electron chi connectivity index (χ1n) is 10.5. The first kappa shape index (κ1) is 23.7. The van der Waals surface area contributed by atoms with Gasteiger partial charge in [0.15, 0.2) is 17.3 Å². The molecule has 10 nitrogen and oxygen atoms in total. The summed E-state index contributed by atoms with van der Waals surface area (Å²) in [5.74, 6) is 0.000891. The number of ether oxygens (including phenoxy) is 4. The Kier molecular flexibility index (Phi) is 6.37. The highest BCUT2D eigenvalue weighted by atomic mass is 16.5. The number of ketones is 1. The number of aromatic nitrogens is 1. The number of hydrogen-bond donors (Lipinski definition) is 1. The summed E-state index contributed by atoms with van der Waals surface area (Å²) < 4.78 is 26.7. The van der Waals surface area contributed by atoms with Crippen LogP contribution in [0.1, 0.15) is 22.9 Å². The van der Waals surface area contributed by atoms with Gasteiger partial charge in [0, 0.05) is 11.6 Å².